The monoisotopic (exact) mass is 792 g/mol. The van der Waals surface area contributed by atoms with Crippen molar-refractivity contribution in [2.75, 3.05) is 0 Å². The molecule has 0 aliphatic rings. The normalized spacial score (nSPS) is 11.2. The Kier molecular flexibility index (Phi) is 11.2. The van der Waals surface area contributed by atoms with Gasteiger partial charge in [0.05, 0.1) is 5.41 Å². The SMILES string of the molecule is CC(=O)c1ccc(-c2ccc(C(c3ccc(-c4ccc(C(C)=O)cc4)cc3)(c3ccc(-c4ccc(C(C)=O)cc4)cc3)c3ccc(-c4ccc(C(C)=O)cc4)cc3)cc2)cc1. The lowest BCUT2D eigenvalue weighted by Gasteiger charge is -2.37. The van der Waals surface area contributed by atoms with Crippen molar-refractivity contribution in [3.63, 3.8) is 0 Å². The Hall–Kier alpha value is -7.56. The molecule has 8 rings (SSSR count). The first-order valence-electron chi connectivity index (χ1n) is 20.4. The van der Waals surface area contributed by atoms with Crippen LogP contribution in [0.25, 0.3) is 44.5 Å². The molecule has 0 atom stereocenters. The molecular weight excluding hydrogens is 749 g/mol. The van der Waals surface area contributed by atoms with Crippen molar-refractivity contribution < 1.29 is 19.2 Å². The summed E-state index contributed by atoms with van der Waals surface area (Å²) in [7, 11) is 0. The third kappa shape index (κ3) is 8.09. The number of ketones is 4. The van der Waals surface area contributed by atoms with Crippen LogP contribution in [0.4, 0.5) is 0 Å². The second kappa shape index (κ2) is 17.0. The Labute approximate surface area is 357 Å². The summed E-state index contributed by atoms with van der Waals surface area (Å²) in [5.74, 6) is 0.126. The first kappa shape index (κ1) is 40.2. The molecule has 0 spiro atoms. The van der Waals surface area contributed by atoms with Crippen molar-refractivity contribution in [2.45, 2.75) is 33.1 Å². The van der Waals surface area contributed by atoms with Crippen molar-refractivity contribution >= 4 is 23.1 Å². The van der Waals surface area contributed by atoms with E-state index in [1.54, 1.807) is 27.7 Å². The summed E-state index contributed by atoms with van der Waals surface area (Å²) in [5.41, 5.74) is 14.4. The first-order valence-corrected chi connectivity index (χ1v) is 20.4. The molecule has 0 aromatic heterocycles. The molecule has 0 N–H and O–H groups in total. The number of carbonyl (C=O) groups excluding carboxylic acids is 4. The van der Waals surface area contributed by atoms with Gasteiger partial charge in [-0.1, -0.05) is 194 Å². The van der Waals surface area contributed by atoms with E-state index in [4.69, 9.17) is 0 Å². The van der Waals surface area contributed by atoms with Gasteiger partial charge in [0.15, 0.2) is 23.1 Å². The Morgan fingerprint density at radius 2 is 0.361 bits per heavy atom. The van der Waals surface area contributed by atoms with Gasteiger partial charge < -0.3 is 0 Å². The summed E-state index contributed by atoms with van der Waals surface area (Å²) in [6, 6.07) is 65.7. The highest BCUT2D eigenvalue weighted by atomic mass is 16.1. The van der Waals surface area contributed by atoms with Gasteiger partial charge in [-0.3, -0.25) is 19.2 Å². The minimum Gasteiger partial charge on any atom is -0.295 e. The zero-order valence-corrected chi connectivity index (χ0v) is 34.6. The van der Waals surface area contributed by atoms with Crippen LogP contribution in [0.3, 0.4) is 0 Å². The lowest BCUT2D eigenvalue weighted by Crippen LogP contribution is -2.31. The van der Waals surface area contributed by atoms with E-state index in [9.17, 15) is 19.2 Å². The molecule has 0 fully saturated rings. The van der Waals surface area contributed by atoms with Crippen LogP contribution in [0.15, 0.2) is 194 Å². The summed E-state index contributed by atoms with van der Waals surface area (Å²) in [5, 5.41) is 0. The highest BCUT2D eigenvalue weighted by Gasteiger charge is 2.38. The number of hydrogen-bond acceptors (Lipinski definition) is 4. The molecule has 0 heterocycles. The Balaban J connectivity index is 1.31. The molecule has 0 aliphatic heterocycles. The van der Waals surface area contributed by atoms with Gasteiger partial charge in [-0.05, 0) is 94.5 Å². The second-order valence-electron chi connectivity index (χ2n) is 15.6. The standard InChI is InChI=1S/C57H44O4/c1-37(58)41-5-13-45(14-6-41)49-21-29-53(30-22-49)57(54-31-23-50(24-32-54)46-15-7-42(8-16-46)38(2)59,55-33-25-51(26-34-55)47-17-9-43(10-18-47)39(3)60)56-35-27-52(28-36-56)48-19-11-44(12-20-48)40(4)61/h5-36H,1-4H3. The van der Waals surface area contributed by atoms with E-state index in [-0.39, 0.29) is 23.1 Å². The summed E-state index contributed by atoms with van der Waals surface area (Å²) in [4.78, 5) is 48.1. The van der Waals surface area contributed by atoms with Gasteiger partial charge >= 0.3 is 0 Å². The van der Waals surface area contributed by atoms with Crippen LogP contribution in [0.2, 0.25) is 0 Å². The van der Waals surface area contributed by atoms with Gasteiger partial charge in [-0.2, -0.15) is 0 Å². The summed E-state index contributed by atoms with van der Waals surface area (Å²) >= 11 is 0. The van der Waals surface area contributed by atoms with E-state index < -0.39 is 5.41 Å². The average molecular weight is 793 g/mol. The summed E-state index contributed by atoms with van der Waals surface area (Å²) in [6.07, 6.45) is 0. The molecule has 0 saturated carbocycles. The van der Waals surface area contributed by atoms with Crippen LogP contribution < -0.4 is 0 Å². The Morgan fingerprint density at radius 1 is 0.230 bits per heavy atom. The molecule has 8 aromatic carbocycles. The maximum atomic E-state index is 12.0. The van der Waals surface area contributed by atoms with Crippen LogP contribution in [0.5, 0.6) is 0 Å². The van der Waals surface area contributed by atoms with Crippen molar-refractivity contribution in [2.24, 2.45) is 0 Å². The quantitative estimate of drug-likeness (QED) is 0.0913. The highest BCUT2D eigenvalue weighted by molar-refractivity contribution is 5.96. The van der Waals surface area contributed by atoms with Crippen LogP contribution in [-0.2, 0) is 5.41 Å². The zero-order valence-electron chi connectivity index (χ0n) is 34.6. The smallest absolute Gasteiger partial charge is 0.159 e. The molecule has 0 amide bonds. The van der Waals surface area contributed by atoms with Gasteiger partial charge in [-0.15, -0.1) is 0 Å². The molecule has 0 bridgehead atoms. The predicted octanol–water partition coefficient (Wildman–Crippen LogP) is 13.5. The molecule has 0 radical (unpaired) electrons. The van der Waals surface area contributed by atoms with Crippen molar-refractivity contribution in [1.82, 2.24) is 0 Å². The number of Topliss-reactive ketones (excluding diaryl/α,β-unsaturated/α-hetero) is 4. The maximum Gasteiger partial charge on any atom is 0.159 e. The molecule has 4 heteroatoms. The molecule has 8 aromatic rings. The van der Waals surface area contributed by atoms with Gasteiger partial charge in [0, 0.05) is 22.3 Å². The number of carbonyl (C=O) groups is 4. The molecule has 0 unspecified atom stereocenters. The molecule has 61 heavy (non-hydrogen) atoms. The van der Waals surface area contributed by atoms with E-state index in [2.05, 4.69) is 97.1 Å². The summed E-state index contributed by atoms with van der Waals surface area (Å²) in [6.45, 7) is 6.31. The lowest BCUT2D eigenvalue weighted by molar-refractivity contribution is 0.100. The molecule has 0 aliphatic carbocycles. The topological polar surface area (TPSA) is 68.3 Å². The van der Waals surface area contributed by atoms with Crippen molar-refractivity contribution in [3.05, 3.63) is 239 Å². The van der Waals surface area contributed by atoms with E-state index in [1.165, 1.54) is 0 Å². The highest BCUT2D eigenvalue weighted by Crippen LogP contribution is 2.47. The van der Waals surface area contributed by atoms with Crippen LogP contribution in [-0.4, -0.2) is 23.1 Å². The Morgan fingerprint density at radius 3 is 0.492 bits per heavy atom. The number of hydrogen-bond donors (Lipinski definition) is 0. The van der Waals surface area contributed by atoms with E-state index in [0.717, 1.165) is 66.8 Å². The Bertz CT molecular complexity index is 2460. The fourth-order valence-corrected chi connectivity index (χ4v) is 8.24. The maximum absolute atomic E-state index is 12.0. The minimum absolute atomic E-state index is 0.0314. The van der Waals surface area contributed by atoms with Gasteiger partial charge in [0.25, 0.3) is 0 Å². The largest absolute Gasteiger partial charge is 0.295 e. The average Bonchev–Trinajstić information content (AvgIpc) is 3.30. The van der Waals surface area contributed by atoms with Gasteiger partial charge in [-0.25, -0.2) is 0 Å². The van der Waals surface area contributed by atoms with E-state index in [0.29, 0.717) is 22.3 Å². The molecule has 296 valence electrons. The summed E-state index contributed by atoms with van der Waals surface area (Å²) < 4.78 is 0. The molecular formula is C57H44O4. The third-order valence-corrected chi connectivity index (χ3v) is 11.8. The van der Waals surface area contributed by atoms with Crippen LogP contribution in [0.1, 0.15) is 91.4 Å². The molecule has 0 saturated heterocycles. The number of rotatable bonds is 12. The number of benzene rings is 8. The van der Waals surface area contributed by atoms with Crippen molar-refractivity contribution in [1.29, 1.82) is 0 Å². The van der Waals surface area contributed by atoms with Crippen molar-refractivity contribution in [3.8, 4) is 44.5 Å². The zero-order chi connectivity index (χ0) is 42.7. The molecule has 4 nitrogen and oxygen atoms in total. The van der Waals surface area contributed by atoms with Gasteiger partial charge in [0.1, 0.15) is 0 Å². The fourth-order valence-electron chi connectivity index (χ4n) is 8.24. The minimum atomic E-state index is -0.790. The predicted molar refractivity (Wildman–Crippen MR) is 247 cm³/mol. The van der Waals surface area contributed by atoms with E-state index >= 15 is 0 Å². The fraction of sp³-hybridized carbons (Fsp3) is 0.0877. The van der Waals surface area contributed by atoms with Crippen LogP contribution >= 0.6 is 0 Å². The lowest BCUT2D eigenvalue weighted by atomic mass is 9.64. The third-order valence-electron chi connectivity index (χ3n) is 11.8. The van der Waals surface area contributed by atoms with Gasteiger partial charge in [0.2, 0.25) is 0 Å². The first-order chi connectivity index (χ1) is 29.5. The van der Waals surface area contributed by atoms with Crippen LogP contribution in [0, 0.1) is 0 Å². The second-order valence-corrected chi connectivity index (χ2v) is 15.6. The van der Waals surface area contributed by atoms with E-state index in [1.807, 2.05) is 97.1 Å².